The lowest BCUT2D eigenvalue weighted by atomic mass is 10.0. The molecular formula is C25H49N3O5. The molecule has 0 aliphatic heterocycles. The van der Waals surface area contributed by atoms with Crippen LogP contribution < -0.4 is 16.4 Å². The number of nitrogens with one attached hydrogen (secondary N) is 2. The van der Waals surface area contributed by atoms with E-state index in [0.717, 1.165) is 19.3 Å². The molecule has 0 saturated carbocycles. The van der Waals surface area contributed by atoms with Gasteiger partial charge >= 0.3 is 5.97 Å². The van der Waals surface area contributed by atoms with E-state index >= 15 is 0 Å². The van der Waals surface area contributed by atoms with Crippen molar-refractivity contribution in [2.75, 3.05) is 13.2 Å². The summed E-state index contributed by atoms with van der Waals surface area (Å²) in [5.74, 6) is -2.11. The van der Waals surface area contributed by atoms with Gasteiger partial charge in [-0.05, 0) is 32.2 Å². The highest BCUT2D eigenvalue weighted by Crippen LogP contribution is 2.13. The molecule has 0 unspecified atom stereocenters. The Kier molecular flexibility index (Phi) is 21.0. The molecule has 8 heteroatoms. The molecule has 6 N–H and O–H groups in total. The first-order valence-electron chi connectivity index (χ1n) is 13.1. The number of nitrogens with two attached hydrogens (primary N) is 1. The fourth-order valence-electron chi connectivity index (χ4n) is 3.79. The molecule has 33 heavy (non-hydrogen) atoms. The van der Waals surface area contributed by atoms with E-state index in [1.165, 1.54) is 64.2 Å². The highest BCUT2D eigenvalue weighted by atomic mass is 16.4. The SMILES string of the molecule is CCCCCCCCCCCCCCCC(=O)N[C@@H](CCCCN)C(=O)N[C@@H](CO)C(=O)O. The van der Waals surface area contributed by atoms with E-state index in [9.17, 15) is 14.4 Å². The molecular weight excluding hydrogens is 422 g/mol. The van der Waals surface area contributed by atoms with Gasteiger partial charge < -0.3 is 26.6 Å². The maximum absolute atomic E-state index is 12.4. The zero-order chi connectivity index (χ0) is 24.7. The average molecular weight is 472 g/mol. The predicted molar refractivity (Wildman–Crippen MR) is 132 cm³/mol. The molecule has 0 saturated heterocycles. The van der Waals surface area contributed by atoms with Crippen LogP contribution in [-0.4, -0.2) is 53.2 Å². The van der Waals surface area contributed by atoms with Gasteiger partial charge in [-0.2, -0.15) is 0 Å². The first kappa shape index (κ1) is 31.3. The largest absolute Gasteiger partial charge is 0.480 e. The van der Waals surface area contributed by atoms with Gasteiger partial charge in [-0.3, -0.25) is 9.59 Å². The molecule has 0 bridgehead atoms. The Morgan fingerprint density at radius 3 is 1.70 bits per heavy atom. The first-order valence-corrected chi connectivity index (χ1v) is 13.1. The fourth-order valence-corrected chi connectivity index (χ4v) is 3.79. The van der Waals surface area contributed by atoms with Crippen LogP contribution in [0.15, 0.2) is 0 Å². The quantitative estimate of drug-likeness (QED) is 0.144. The van der Waals surface area contributed by atoms with Crippen LogP contribution in [0, 0.1) is 0 Å². The number of aliphatic hydroxyl groups is 1. The van der Waals surface area contributed by atoms with Crippen molar-refractivity contribution in [3.8, 4) is 0 Å². The summed E-state index contributed by atoms with van der Waals surface area (Å²) in [5, 5.41) is 23.1. The molecule has 0 aliphatic carbocycles. The van der Waals surface area contributed by atoms with Gasteiger partial charge in [0.2, 0.25) is 11.8 Å². The van der Waals surface area contributed by atoms with E-state index in [0.29, 0.717) is 32.2 Å². The summed E-state index contributed by atoms with van der Waals surface area (Å²) >= 11 is 0. The second-order valence-electron chi connectivity index (χ2n) is 8.98. The number of amides is 2. The molecule has 0 spiro atoms. The second kappa shape index (κ2) is 22.1. The summed E-state index contributed by atoms with van der Waals surface area (Å²) in [7, 11) is 0. The van der Waals surface area contributed by atoms with Crippen LogP contribution >= 0.6 is 0 Å². The van der Waals surface area contributed by atoms with Gasteiger partial charge in [0.25, 0.3) is 0 Å². The zero-order valence-electron chi connectivity index (χ0n) is 20.8. The maximum Gasteiger partial charge on any atom is 0.328 e. The third-order valence-electron chi connectivity index (χ3n) is 5.90. The lowest BCUT2D eigenvalue weighted by Crippen LogP contribution is -2.52. The zero-order valence-corrected chi connectivity index (χ0v) is 20.8. The van der Waals surface area contributed by atoms with Crippen LogP contribution in [0.5, 0.6) is 0 Å². The Hall–Kier alpha value is -1.67. The Balaban J connectivity index is 4.02. The van der Waals surface area contributed by atoms with Crippen molar-refractivity contribution < 1.29 is 24.6 Å². The van der Waals surface area contributed by atoms with Gasteiger partial charge in [0.05, 0.1) is 6.61 Å². The summed E-state index contributed by atoms with van der Waals surface area (Å²) in [6.45, 7) is 2.02. The van der Waals surface area contributed by atoms with Crippen molar-refractivity contribution in [3.05, 3.63) is 0 Å². The number of hydrogen-bond acceptors (Lipinski definition) is 5. The molecule has 194 valence electrons. The molecule has 0 aromatic rings. The Bertz CT molecular complexity index is 516. The molecule has 0 fully saturated rings. The normalized spacial score (nSPS) is 12.8. The average Bonchev–Trinajstić information content (AvgIpc) is 2.79. The minimum atomic E-state index is -1.38. The number of hydrogen-bond donors (Lipinski definition) is 5. The third-order valence-corrected chi connectivity index (χ3v) is 5.90. The number of carboxylic acids is 1. The summed E-state index contributed by atoms with van der Waals surface area (Å²) in [4.78, 5) is 35.7. The summed E-state index contributed by atoms with van der Waals surface area (Å²) in [5.41, 5.74) is 5.50. The van der Waals surface area contributed by atoms with Crippen molar-refractivity contribution in [2.24, 2.45) is 5.73 Å². The summed E-state index contributed by atoms with van der Waals surface area (Å²) in [6, 6.07) is -2.20. The monoisotopic (exact) mass is 471 g/mol. The van der Waals surface area contributed by atoms with Gasteiger partial charge in [-0.15, -0.1) is 0 Å². The summed E-state index contributed by atoms with van der Waals surface area (Å²) in [6.07, 6.45) is 18.1. The highest BCUT2D eigenvalue weighted by Gasteiger charge is 2.25. The van der Waals surface area contributed by atoms with Gasteiger partial charge in [-0.25, -0.2) is 4.79 Å². The van der Waals surface area contributed by atoms with E-state index in [1.807, 2.05) is 0 Å². The van der Waals surface area contributed by atoms with Crippen LogP contribution in [0.25, 0.3) is 0 Å². The standard InChI is InChI=1S/C25H49N3O5/c1-2-3-4-5-6-7-8-9-10-11-12-13-14-18-23(30)27-21(17-15-16-19-26)24(31)28-22(20-29)25(32)33/h21-22,29H,2-20,26H2,1H3,(H,27,30)(H,28,31)(H,32,33)/t21-,22-/m0/s1. The molecule has 2 amide bonds. The van der Waals surface area contributed by atoms with Crippen molar-refractivity contribution in [1.29, 1.82) is 0 Å². The maximum atomic E-state index is 12.4. The first-order chi connectivity index (χ1) is 16.0. The van der Waals surface area contributed by atoms with E-state index < -0.39 is 30.6 Å². The molecule has 0 aromatic heterocycles. The predicted octanol–water partition coefficient (Wildman–Crippen LogP) is 3.64. The molecule has 8 nitrogen and oxygen atoms in total. The molecule has 0 aliphatic rings. The molecule has 0 aromatic carbocycles. The fraction of sp³-hybridized carbons (Fsp3) is 0.880. The second-order valence-corrected chi connectivity index (χ2v) is 8.98. The van der Waals surface area contributed by atoms with Gasteiger partial charge in [-0.1, -0.05) is 84.0 Å². The van der Waals surface area contributed by atoms with Crippen LogP contribution in [0.3, 0.4) is 0 Å². The van der Waals surface area contributed by atoms with Crippen molar-refractivity contribution in [2.45, 2.75) is 128 Å². The van der Waals surface area contributed by atoms with Crippen LogP contribution in [-0.2, 0) is 14.4 Å². The van der Waals surface area contributed by atoms with Gasteiger partial charge in [0.1, 0.15) is 12.1 Å². The lowest BCUT2D eigenvalue weighted by Gasteiger charge is -2.20. The highest BCUT2D eigenvalue weighted by molar-refractivity contribution is 5.90. The Morgan fingerprint density at radius 1 is 0.727 bits per heavy atom. The van der Waals surface area contributed by atoms with E-state index in [2.05, 4.69) is 17.6 Å². The van der Waals surface area contributed by atoms with E-state index in [4.69, 9.17) is 15.9 Å². The number of carbonyl (C=O) groups excluding carboxylic acids is 2. The van der Waals surface area contributed by atoms with Gasteiger partial charge in [0.15, 0.2) is 0 Å². The number of aliphatic hydroxyl groups excluding tert-OH is 1. The van der Waals surface area contributed by atoms with Gasteiger partial charge in [0, 0.05) is 6.42 Å². The van der Waals surface area contributed by atoms with Crippen LogP contribution in [0.2, 0.25) is 0 Å². The van der Waals surface area contributed by atoms with Crippen molar-refractivity contribution in [3.63, 3.8) is 0 Å². The minimum absolute atomic E-state index is 0.207. The summed E-state index contributed by atoms with van der Waals surface area (Å²) < 4.78 is 0. The third kappa shape index (κ3) is 18.4. The number of aliphatic carboxylic acids is 1. The molecule has 0 heterocycles. The Morgan fingerprint density at radius 2 is 1.24 bits per heavy atom. The van der Waals surface area contributed by atoms with E-state index in [-0.39, 0.29) is 5.91 Å². The number of carboxylic acid groups (broad SMARTS) is 1. The number of unbranched alkanes of at least 4 members (excludes halogenated alkanes) is 13. The van der Waals surface area contributed by atoms with Crippen LogP contribution in [0.4, 0.5) is 0 Å². The smallest absolute Gasteiger partial charge is 0.328 e. The van der Waals surface area contributed by atoms with Crippen LogP contribution in [0.1, 0.15) is 116 Å². The minimum Gasteiger partial charge on any atom is -0.480 e. The number of carbonyl (C=O) groups is 3. The molecule has 0 radical (unpaired) electrons. The molecule has 0 rings (SSSR count). The molecule has 2 atom stereocenters. The Labute approximate surface area is 200 Å². The lowest BCUT2D eigenvalue weighted by molar-refractivity contribution is -0.143. The van der Waals surface area contributed by atoms with E-state index in [1.54, 1.807) is 0 Å². The number of rotatable bonds is 23. The van der Waals surface area contributed by atoms with Crippen molar-refractivity contribution >= 4 is 17.8 Å². The topological polar surface area (TPSA) is 142 Å². The van der Waals surface area contributed by atoms with Crippen molar-refractivity contribution in [1.82, 2.24) is 10.6 Å².